The van der Waals surface area contributed by atoms with Gasteiger partial charge in [-0.25, -0.2) is 0 Å². The first-order valence-electron chi connectivity index (χ1n) is 5.96. The van der Waals surface area contributed by atoms with Crippen LogP contribution in [-0.2, 0) is 0 Å². The molecule has 0 aromatic carbocycles. The van der Waals surface area contributed by atoms with Crippen LogP contribution >= 0.6 is 23.2 Å². The Morgan fingerprint density at radius 1 is 1.19 bits per heavy atom. The molecule has 0 heterocycles. The van der Waals surface area contributed by atoms with Gasteiger partial charge < -0.3 is 5.21 Å². The number of alkyl halides is 2. The van der Waals surface area contributed by atoms with Crippen molar-refractivity contribution >= 4 is 28.9 Å². The molecule has 1 fully saturated rings. The Bertz CT molecular complexity index is 375. The minimum Gasteiger partial charge on any atom is -0.411 e. The van der Waals surface area contributed by atoms with E-state index in [9.17, 15) is 0 Å². The fourth-order valence-electron chi connectivity index (χ4n) is 3.96. The van der Waals surface area contributed by atoms with Gasteiger partial charge in [0.15, 0.2) is 0 Å². The number of hydrogen-bond donors (Lipinski definition) is 1. The highest BCUT2D eigenvalue weighted by Gasteiger charge is 2.51. The molecular formula is C12H15Cl2NO. The largest absolute Gasteiger partial charge is 0.411 e. The molecule has 3 atom stereocenters. The van der Waals surface area contributed by atoms with Crippen LogP contribution in [0.4, 0.5) is 0 Å². The van der Waals surface area contributed by atoms with Crippen LogP contribution in [0.25, 0.3) is 0 Å². The molecule has 3 aliphatic carbocycles. The Balaban J connectivity index is 2.02. The van der Waals surface area contributed by atoms with Crippen molar-refractivity contribution in [3.8, 4) is 0 Å². The van der Waals surface area contributed by atoms with Crippen LogP contribution in [0.5, 0.6) is 0 Å². The molecule has 88 valence electrons. The summed E-state index contributed by atoms with van der Waals surface area (Å²) < 4.78 is 0. The van der Waals surface area contributed by atoms with E-state index in [0.717, 1.165) is 31.4 Å². The summed E-state index contributed by atoms with van der Waals surface area (Å²) in [7, 11) is 0. The second kappa shape index (κ2) is 3.92. The van der Waals surface area contributed by atoms with Crippen LogP contribution in [0, 0.1) is 17.8 Å². The SMILES string of the molecule is O/N=C1\CCCC2=C1[C@H]1CC[C@@H]2C1C(Cl)Cl. The van der Waals surface area contributed by atoms with Gasteiger partial charge in [0.05, 0.1) is 5.71 Å². The molecule has 0 spiro atoms. The molecule has 2 bridgehead atoms. The topological polar surface area (TPSA) is 32.6 Å². The molecule has 1 saturated carbocycles. The Morgan fingerprint density at radius 2 is 1.94 bits per heavy atom. The highest BCUT2D eigenvalue weighted by atomic mass is 35.5. The molecule has 2 nitrogen and oxygen atoms in total. The van der Waals surface area contributed by atoms with E-state index < -0.39 is 0 Å². The van der Waals surface area contributed by atoms with Crippen molar-refractivity contribution in [1.29, 1.82) is 0 Å². The maximum absolute atomic E-state index is 9.08. The third kappa shape index (κ3) is 1.36. The summed E-state index contributed by atoms with van der Waals surface area (Å²) in [6.07, 6.45) is 5.52. The van der Waals surface area contributed by atoms with Crippen LogP contribution in [-0.4, -0.2) is 15.8 Å². The molecule has 0 saturated heterocycles. The number of halogens is 2. The number of allylic oxidation sites excluding steroid dienone is 2. The van der Waals surface area contributed by atoms with Crippen molar-refractivity contribution in [2.24, 2.45) is 22.9 Å². The third-order valence-corrected chi connectivity index (χ3v) is 5.05. The minimum atomic E-state index is -0.289. The van der Waals surface area contributed by atoms with Gasteiger partial charge in [0.2, 0.25) is 0 Å². The van der Waals surface area contributed by atoms with Gasteiger partial charge in [0.1, 0.15) is 4.84 Å². The summed E-state index contributed by atoms with van der Waals surface area (Å²) in [5, 5.41) is 12.6. The summed E-state index contributed by atoms with van der Waals surface area (Å²) in [6.45, 7) is 0. The van der Waals surface area contributed by atoms with E-state index in [4.69, 9.17) is 28.4 Å². The zero-order valence-electron chi connectivity index (χ0n) is 9.00. The van der Waals surface area contributed by atoms with E-state index in [1.807, 2.05) is 0 Å². The lowest BCUT2D eigenvalue weighted by molar-refractivity contribution is 0.316. The van der Waals surface area contributed by atoms with E-state index in [-0.39, 0.29) is 4.84 Å². The molecule has 0 aromatic heterocycles. The highest BCUT2D eigenvalue weighted by molar-refractivity contribution is 6.44. The normalized spacial score (nSPS) is 39.9. The molecular weight excluding hydrogens is 245 g/mol. The van der Waals surface area contributed by atoms with Crippen LogP contribution < -0.4 is 0 Å². The molecule has 0 aliphatic heterocycles. The van der Waals surface area contributed by atoms with Crippen LogP contribution in [0.3, 0.4) is 0 Å². The fourth-order valence-corrected chi connectivity index (χ4v) is 4.66. The lowest BCUT2D eigenvalue weighted by Gasteiger charge is -2.24. The van der Waals surface area contributed by atoms with Crippen molar-refractivity contribution in [2.45, 2.75) is 36.9 Å². The van der Waals surface area contributed by atoms with Gasteiger partial charge in [-0.3, -0.25) is 0 Å². The van der Waals surface area contributed by atoms with Crippen molar-refractivity contribution in [2.75, 3.05) is 0 Å². The van der Waals surface area contributed by atoms with Gasteiger partial charge in [-0.1, -0.05) is 10.7 Å². The summed E-state index contributed by atoms with van der Waals surface area (Å²) in [4.78, 5) is -0.289. The lowest BCUT2D eigenvalue weighted by Crippen LogP contribution is -2.19. The molecule has 1 unspecified atom stereocenters. The van der Waals surface area contributed by atoms with Crippen LogP contribution in [0.1, 0.15) is 32.1 Å². The molecule has 16 heavy (non-hydrogen) atoms. The summed E-state index contributed by atoms with van der Waals surface area (Å²) in [6, 6.07) is 0. The Kier molecular flexibility index (Phi) is 2.67. The van der Waals surface area contributed by atoms with E-state index in [1.165, 1.54) is 17.6 Å². The maximum atomic E-state index is 9.08. The fraction of sp³-hybridized carbons (Fsp3) is 0.750. The predicted molar refractivity (Wildman–Crippen MR) is 65.3 cm³/mol. The Labute approximate surface area is 105 Å². The second-order valence-corrected chi connectivity index (χ2v) is 6.21. The lowest BCUT2D eigenvalue weighted by atomic mass is 9.81. The first-order valence-corrected chi connectivity index (χ1v) is 6.83. The highest BCUT2D eigenvalue weighted by Crippen LogP contribution is 2.58. The van der Waals surface area contributed by atoms with Crippen molar-refractivity contribution < 1.29 is 5.21 Å². The van der Waals surface area contributed by atoms with E-state index >= 15 is 0 Å². The average Bonchev–Trinajstić information content (AvgIpc) is 2.84. The van der Waals surface area contributed by atoms with E-state index in [2.05, 4.69) is 5.16 Å². The monoisotopic (exact) mass is 259 g/mol. The number of oxime groups is 1. The van der Waals surface area contributed by atoms with Gasteiger partial charge in [-0.05, 0) is 49.5 Å². The van der Waals surface area contributed by atoms with Gasteiger partial charge in [0.25, 0.3) is 0 Å². The first kappa shape index (κ1) is 10.9. The second-order valence-electron chi connectivity index (χ2n) is 5.04. The summed E-state index contributed by atoms with van der Waals surface area (Å²) in [5.41, 5.74) is 3.69. The molecule has 0 radical (unpaired) electrons. The van der Waals surface area contributed by atoms with Crippen LogP contribution in [0.15, 0.2) is 16.3 Å². The molecule has 3 rings (SSSR count). The zero-order valence-corrected chi connectivity index (χ0v) is 10.5. The standard InChI is InChI=1S/C12H15Cl2NO/c13-12(14)11-7-4-5-8(11)10-6(7)2-1-3-9(10)15-16/h7-8,11-12,16H,1-5H2/b15-9+/t7-,8+,11?/m0/s1. The van der Waals surface area contributed by atoms with Crippen molar-refractivity contribution in [3.63, 3.8) is 0 Å². The minimum absolute atomic E-state index is 0.289. The third-order valence-electron chi connectivity index (χ3n) is 4.46. The van der Waals surface area contributed by atoms with Crippen molar-refractivity contribution in [3.05, 3.63) is 11.1 Å². The Hall–Kier alpha value is -0.210. The van der Waals surface area contributed by atoms with Crippen LogP contribution in [0.2, 0.25) is 0 Å². The summed E-state index contributed by atoms with van der Waals surface area (Å²) in [5.74, 6) is 1.37. The van der Waals surface area contributed by atoms with E-state index in [1.54, 1.807) is 0 Å². The predicted octanol–water partition coefficient (Wildman–Crippen LogP) is 3.76. The molecule has 0 aromatic rings. The molecule has 0 amide bonds. The molecule has 1 N–H and O–H groups in total. The van der Waals surface area contributed by atoms with Gasteiger partial charge in [-0.2, -0.15) is 0 Å². The van der Waals surface area contributed by atoms with Gasteiger partial charge >= 0.3 is 0 Å². The smallest absolute Gasteiger partial charge is 0.111 e. The van der Waals surface area contributed by atoms with E-state index in [0.29, 0.717) is 17.8 Å². The Morgan fingerprint density at radius 3 is 2.62 bits per heavy atom. The first-order chi connectivity index (χ1) is 7.74. The van der Waals surface area contributed by atoms with Gasteiger partial charge in [0, 0.05) is 5.92 Å². The average molecular weight is 260 g/mol. The maximum Gasteiger partial charge on any atom is 0.111 e. The number of nitrogens with zero attached hydrogens (tertiary/aromatic N) is 1. The van der Waals surface area contributed by atoms with Gasteiger partial charge in [-0.15, -0.1) is 23.2 Å². The zero-order chi connectivity index (χ0) is 11.3. The number of rotatable bonds is 1. The quantitative estimate of drug-likeness (QED) is 0.434. The summed E-state index contributed by atoms with van der Waals surface area (Å²) >= 11 is 12.2. The number of hydrogen-bond acceptors (Lipinski definition) is 2. The number of fused-ring (bicyclic) bond motifs is 4. The van der Waals surface area contributed by atoms with Crippen molar-refractivity contribution in [1.82, 2.24) is 0 Å². The molecule has 3 aliphatic rings. The molecule has 4 heteroatoms.